The highest BCUT2D eigenvalue weighted by molar-refractivity contribution is 6.51. The number of benzene rings is 2. The Kier molecular flexibility index (Phi) is 5.96. The largest absolute Gasteiger partial charge is 0.507 e. The first kappa shape index (κ1) is 22.2. The van der Waals surface area contributed by atoms with Crippen LogP contribution >= 0.6 is 0 Å². The van der Waals surface area contributed by atoms with Crippen molar-refractivity contribution in [1.82, 2.24) is 0 Å². The second-order valence-electron chi connectivity index (χ2n) is 8.00. The fourth-order valence-corrected chi connectivity index (χ4v) is 3.96. The van der Waals surface area contributed by atoms with E-state index >= 15 is 0 Å². The molecule has 2 heterocycles. The van der Waals surface area contributed by atoms with Crippen molar-refractivity contribution < 1.29 is 28.6 Å². The number of nitrogens with zero attached hydrogens (tertiary/aromatic N) is 1. The number of methoxy groups -OCH3 is 1. The zero-order valence-electron chi connectivity index (χ0n) is 18.9. The van der Waals surface area contributed by atoms with Crippen LogP contribution in [-0.4, -0.2) is 30.0 Å². The van der Waals surface area contributed by atoms with Crippen LogP contribution in [0.1, 0.15) is 36.8 Å². The minimum Gasteiger partial charge on any atom is -0.507 e. The summed E-state index contributed by atoms with van der Waals surface area (Å²) in [5, 5.41) is 11.2. The van der Waals surface area contributed by atoms with Gasteiger partial charge in [0, 0.05) is 5.56 Å². The molecule has 1 unspecified atom stereocenters. The Bertz CT molecular complexity index is 1230. The fourth-order valence-electron chi connectivity index (χ4n) is 3.96. The summed E-state index contributed by atoms with van der Waals surface area (Å²) in [4.78, 5) is 27.7. The highest BCUT2D eigenvalue weighted by Crippen LogP contribution is 2.45. The molecule has 7 nitrogen and oxygen atoms in total. The van der Waals surface area contributed by atoms with E-state index in [0.29, 0.717) is 28.5 Å². The minimum absolute atomic E-state index is 0.00623. The molecular formula is C26H25NO6. The maximum absolute atomic E-state index is 13.2. The predicted octanol–water partition coefficient (Wildman–Crippen LogP) is 5.01. The van der Waals surface area contributed by atoms with Crippen LogP contribution in [-0.2, 0) is 9.59 Å². The average Bonchev–Trinajstić information content (AvgIpc) is 3.41. The van der Waals surface area contributed by atoms with Crippen molar-refractivity contribution in [2.75, 3.05) is 12.0 Å². The van der Waals surface area contributed by atoms with Gasteiger partial charge in [-0.05, 0) is 68.8 Å². The number of hydrogen-bond donors (Lipinski definition) is 1. The Labute approximate surface area is 191 Å². The topological polar surface area (TPSA) is 89.2 Å². The number of aliphatic hydroxyl groups is 1. The fraction of sp³-hybridized carbons (Fsp3) is 0.231. The molecule has 170 valence electrons. The van der Waals surface area contributed by atoms with E-state index in [0.717, 1.165) is 5.56 Å². The molecule has 2 aromatic carbocycles. The second kappa shape index (κ2) is 8.86. The Morgan fingerprint density at radius 3 is 2.45 bits per heavy atom. The Morgan fingerprint density at radius 1 is 1.06 bits per heavy atom. The quantitative estimate of drug-likeness (QED) is 0.325. The Balaban J connectivity index is 1.88. The molecule has 1 aliphatic rings. The van der Waals surface area contributed by atoms with Crippen LogP contribution in [0.3, 0.4) is 0 Å². The summed E-state index contributed by atoms with van der Waals surface area (Å²) in [7, 11) is 1.49. The molecule has 1 amide bonds. The number of carbonyl (C=O) groups is 2. The van der Waals surface area contributed by atoms with Gasteiger partial charge < -0.3 is 19.0 Å². The molecule has 1 aliphatic heterocycles. The van der Waals surface area contributed by atoms with Gasteiger partial charge in [-0.3, -0.25) is 14.5 Å². The van der Waals surface area contributed by atoms with Gasteiger partial charge >= 0.3 is 0 Å². The second-order valence-corrected chi connectivity index (χ2v) is 8.00. The van der Waals surface area contributed by atoms with E-state index in [2.05, 4.69) is 0 Å². The summed E-state index contributed by atoms with van der Waals surface area (Å²) >= 11 is 0. The molecule has 4 rings (SSSR count). The average molecular weight is 447 g/mol. The van der Waals surface area contributed by atoms with E-state index in [9.17, 15) is 14.7 Å². The van der Waals surface area contributed by atoms with Gasteiger partial charge in [0.05, 0.1) is 30.7 Å². The zero-order valence-corrected chi connectivity index (χ0v) is 18.9. The van der Waals surface area contributed by atoms with Gasteiger partial charge in [-0.2, -0.15) is 0 Å². The highest BCUT2D eigenvalue weighted by Gasteiger charge is 2.49. The Hall–Kier alpha value is -4.00. The molecule has 1 fully saturated rings. The summed E-state index contributed by atoms with van der Waals surface area (Å²) in [6.45, 7) is 5.71. The number of rotatable bonds is 6. The first-order valence-corrected chi connectivity index (χ1v) is 10.6. The molecule has 7 heteroatoms. The van der Waals surface area contributed by atoms with E-state index in [1.54, 1.807) is 54.6 Å². The van der Waals surface area contributed by atoms with Crippen LogP contribution in [0.5, 0.6) is 11.5 Å². The molecule has 0 aliphatic carbocycles. The molecule has 0 bridgehead atoms. The lowest BCUT2D eigenvalue weighted by atomic mass is 9.98. The summed E-state index contributed by atoms with van der Waals surface area (Å²) < 4.78 is 16.8. The van der Waals surface area contributed by atoms with Gasteiger partial charge in [0.25, 0.3) is 11.7 Å². The number of ketones is 1. The maximum Gasteiger partial charge on any atom is 0.300 e. The molecule has 33 heavy (non-hydrogen) atoms. The smallest absolute Gasteiger partial charge is 0.300 e. The van der Waals surface area contributed by atoms with Gasteiger partial charge in [-0.15, -0.1) is 0 Å². The third-order valence-corrected chi connectivity index (χ3v) is 5.41. The number of anilines is 1. The van der Waals surface area contributed by atoms with Crippen molar-refractivity contribution in [3.63, 3.8) is 0 Å². The minimum atomic E-state index is -0.955. The molecule has 3 aromatic rings. The number of furan rings is 1. The van der Waals surface area contributed by atoms with E-state index < -0.39 is 17.7 Å². The Morgan fingerprint density at radius 2 is 1.82 bits per heavy atom. The monoisotopic (exact) mass is 447 g/mol. The summed E-state index contributed by atoms with van der Waals surface area (Å²) in [6.07, 6.45) is 1.45. The maximum atomic E-state index is 13.2. The lowest BCUT2D eigenvalue weighted by molar-refractivity contribution is -0.132. The first-order valence-electron chi connectivity index (χ1n) is 10.6. The lowest BCUT2D eigenvalue weighted by Crippen LogP contribution is -2.29. The third kappa shape index (κ3) is 3.98. The number of aliphatic hydroxyl groups excluding tert-OH is 1. The number of aryl methyl sites for hydroxylation is 1. The summed E-state index contributed by atoms with van der Waals surface area (Å²) in [6, 6.07) is 14.4. The number of hydrogen-bond acceptors (Lipinski definition) is 6. The van der Waals surface area contributed by atoms with Crippen molar-refractivity contribution in [3.8, 4) is 11.5 Å². The van der Waals surface area contributed by atoms with Crippen LogP contribution in [0.4, 0.5) is 5.69 Å². The molecular weight excluding hydrogens is 422 g/mol. The van der Waals surface area contributed by atoms with Gasteiger partial charge in [0.1, 0.15) is 29.1 Å². The standard InChI is InChI=1S/C26H25NO6/c1-15(2)33-19-12-11-17(14-16(19)3)24(28)22-23(21-10-7-13-32-21)27(26(30)25(22)29)18-8-5-6-9-20(18)31-4/h5-15,23,28H,1-4H3/b24-22-. The number of para-hydroxylation sites is 2. The highest BCUT2D eigenvalue weighted by atomic mass is 16.5. The molecule has 1 atom stereocenters. The molecule has 1 aromatic heterocycles. The number of ether oxygens (including phenoxy) is 2. The normalized spacial score (nSPS) is 17.6. The SMILES string of the molecule is COc1ccccc1N1C(=O)C(=O)/C(=C(\O)c2ccc(OC(C)C)c(C)c2)C1c1ccco1. The predicted molar refractivity (Wildman–Crippen MR) is 123 cm³/mol. The van der Waals surface area contributed by atoms with Crippen LogP contribution in [0, 0.1) is 6.92 Å². The van der Waals surface area contributed by atoms with Gasteiger partial charge in [-0.1, -0.05) is 12.1 Å². The molecule has 0 saturated carbocycles. The van der Waals surface area contributed by atoms with Gasteiger partial charge in [0.2, 0.25) is 0 Å². The van der Waals surface area contributed by atoms with Crippen molar-refractivity contribution in [2.45, 2.75) is 32.9 Å². The summed E-state index contributed by atoms with van der Waals surface area (Å²) in [5.41, 5.74) is 1.54. The molecule has 0 spiro atoms. The number of amides is 1. The van der Waals surface area contributed by atoms with Crippen molar-refractivity contribution >= 4 is 23.1 Å². The van der Waals surface area contributed by atoms with Crippen molar-refractivity contribution in [3.05, 3.63) is 83.3 Å². The molecule has 0 radical (unpaired) electrons. The number of carbonyl (C=O) groups excluding carboxylic acids is 2. The van der Waals surface area contributed by atoms with Gasteiger partial charge in [0.15, 0.2) is 0 Å². The summed E-state index contributed by atoms with van der Waals surface area (Å²) in [5.74, 6) is -0.427. The van der Waals surface area contributed by atoms with Crippen molar-refractivity contribution in [1.29, 1.82) is 0 Å². The molecule has 1 N–H and O–H groups in total. The first-order chi connectivity index (χ1) is 15.8. The van der Waals surface area contributed by atoms with E-state index in [1.165, 1.54) is 18.3 Å². The number of Topliss-reactive ketones (excluding diaryl/α,β-unsaturated/α-hetero) is 1. The molecule has 1 saturated heterocycles. The lowest BCUT2D eigenvalue weighted by Gasteiger charge is -2.25. The van der Waals surface area contributed by atoms with Crippen molar-refractivity contribution in [2.24, 2.45) is 0 Å². The zero-order chi connectivity index (χ0) is 23.7. The third-order valence-electron chi connectivity index (χ3n) is 5.41. The van der Waals surface area contributed by atoms with E-state index in [1.807, 2.05) is 20.8 Å². The van der Waals surface area contributed by atoms with Crippen LogP contribution in [0.15, 0.2) is 70.9 Å². The van der Waals surface area contributed by atoms with Gasteiger partial charge in [-0.25, -0.2) is 0 Å². The van der Waals surface area contributed by atoms with E-state index in [-0.39, 0.29) is 17.4 Å². The van der Waals surface area contributed by atoms with E-state index in [4.69, 9.17) is 13.9 Å². The van der Waals surface area contributed by atoms with Crippen LogP contribution < -0.4 is 14.4 Å². The van der Waals surface area contributed by atoms with Crippen LogP contribution in [0.2, 0.25) is 0 Å². The van der Waals surface area contributed by atoms with Crippen LogP contribution in [0.25, 0.3) is 5.76 Å².